The lowest BCUT2D eigenvalue weighted by Gasteiger charge is -2.15. The molecule has 0 aliphatic carbocycles. The number of carbonyl (C=O) groups excluding carboxylic acids is 1. The van der Waals surface area contributed by atoms with E-state index >= 15 is 0 Å². The fourth-order valence-corrected chi connectivity index (χ4v) is 1.42. The van der Waals surface area contributed by atoms with Crippen LogP contribution < -0.4 is 11.1 Å². The summed E-state index contributed by atoms with van der Waals surface area (Å²) in [5, 5.41) is 2.14. The van der Waals surface area contributed by atoms with Gasteiger partial charge in [-0.1, -0.05) is 0 Å². The highest BCUT2D eigenvalue weighted by atomic mass is 19.4. The Balaban J connectivity index is 2.77. The van der Waals surface area contributed by atoms with Crippen LogP contribution in [-0.4, -0.2) is 25.0 Å². The molecule has 0 aliphatic rings. The van der Waals surface area contributed by atoms with Crippen molar-refractivity contribution in [3.63, 3.8) is 0 Å². The second kappa shape index (κ2) is 6.70. The molecule has 1 amide bonds. The van der Waals surface area contributed by atoms with Gasteiger partial charge in [0.2, 0.25) is 0 Å². The maximum atomic E-state index is 12.6. The number of hydrogen-bond donors (Lipinski definition) is 2. The number of nitrogen functional groups attached to an aromatic ring is 1. The van der Waals surface area contributed by atoms with Crippen LogP contribution in [-0.2, 0) is 15.7 Å². The van der Waals surface area contributed by atoms with E-state index in [1.807, 2.05) is 0 Å². The van der Waals surface area contributed by atoms with Crippen LogP contribution in [0, 0.1) is 0 Å². The first-order valence-corrected chi connectivity index (χ1v) is 5.78. The monoisotopic (exact) mass is 312 g/mol. The second-order valence-corrected chi connectivity index (χ2v) is 4.16. The summed E-state index contributed by atoms with van der Waals surface area (Å²) in [5.41, 5.74) is 3.47. The molecule has 1 atom stereocenters. The van der Waals surface area contributed by atoms with Gasteiger partial charge >= 0.3 is 6.18 Å². The molecule has 1 aromatic carbocycles. The highest BCUT2D eigenvalue weighted by molar-refractivity contribution is 5.94. The molecule has 0 spiro atoms. The molecule has 4 nitrogen and oxygen atoms in total. The topological polar surface area (TPSA) is 64.3 Å². The van der Waals surface area contributed by atoms with E-state index in [9.17, 15) is 26.7 Å². The van der Waals surface area contributed by atoms with Gasteiger partial charge in [-0.05, 0) is 25.1 Å². The van der Waals surface area contributed by atoms with Gasteiger partial charge in [-0.2, -0.15) is 13.2 Å². The average molecular weight is 312 g/mol. The van der Waals surface area contributed by atoms with Crippen LogP contribution in [0.3, 0.4) is 0 Å². The Kier molecular flexibility index (Phi) is 5.47. The molecule has 118 valence electrons. The lowest BCUT2D eigenvalue weighted by Crippen LogP contribution is -2.29. The second-order valence-electron chi connectivity index (χ2n) is 4.16. The molecule has 0 bridgehead atoms. The van der Waals surface area contributed by atoms with Crippen LogP contribution in [0.2, 0.25) is 0 Å². The molecule has 0 heterocycles. The van der Waals surface area contributed by atoms with Gasteiger partial charge in [-0.25, -0.2) is 8.78 Å². The first kappa shape index (κ1) is 17.2. The Hall–Kier alpha value is -1.90. The van der Waals surface area contributed by atoms with E-state index < -0.39 is 42.5 Å². The lowest BCUT2D eigenvalue weighted by atomic mass is 10.1. The van der Waals surface area contributed by atoms with Crippen LogP contribution in [0.1, 0.15) is 12.5 Å². The molecule has 9 heteroatoms. The number of rotatable bonds is 5. The number of halogens is 5. The molecule has 0 fully saturated rings. The van der Waals surface area contributed by atoms with Crippen molar-refractivity contribution in [2.75, 3.05) is 17.7 Å². The number of nitrogens with one attached hydrogen (secondary N) is 1. The minimum Gasteiger partial charge on any atom is -0.398 e. The Labute approximate surface area is 117 Å². The lowest BCUT2D eigenvalue weighted by molar-refractivity contribution is -0.137. The molecule has 1 unspecified atom stereocenters. The standard InChI is InChI=1S/C12H13F5N2O2/c1-6(21-5-10(13)14)11(20)19-7-2-3-9(18)8(4-7)12(15,16)17/h2-4,6,10H,5,18H2,1H3,(H,19,20). The van der Waals surface area contributed by atoms with Crippen LogP contribution in [0.4, 0.5) is 33.3 Å². The zero-order chi connectivity index (χ0) is 16.2. The van der Waals surface area contributed by atoms with Gasteiger partial charge < -0.3 is 15.8 Å². The van der Waals surface area contributed by atoms with E-state index in [1.54, 1.807) is 0 Å². The molecule has 0 radical (unpaired) electrons. The third-order valence-corrected chi connectivity index (χ3v) is 2.47. The normalized spacial score (nSPS) is 13.3. The van der Waals surface area contributed by atoms with Crippen molar-refractivity contribution in [3.05, 3.63) is 23.8 Å². The Bertz CT molecular complexity index is 505. The number of hydrogen-bond acceptors (Lipinski definition) is 3. The molecular weight excluding hydrogens is 299 g/mol. The Morgan fingerprint density at radius 2 is 2.00 bits per heavy atom. The fourth-order valence-electron chi connectivity index (χ4n) is 1.42. The maximum absolute atomic E-state index is 12.6. The van der Waals surface area contributed by atoms with E-state index in [0.717, 1.165) is 6.07 Å². The van der Waals surface area contributed by atoms with Crippen LogP contribution in [0.25, 0.3) is 0 Å². The minimum absolute atomic E-state index is 0.158. The highest BCUT2D eigenvalue weighted by Gasteiger charge is 2.33. The third kappa shape index (κ3) is 5.18. The summed E-state index contributed by atoms with van der Waals surface area (Å²) < 4.78 is 66.3. The molecular formula is C12H13F5N2O2. The van der Waals surface area contributed by atoms with E-state index in [-0.39, 0.29) is 5.69 Å². The van der Waals surface area contributed by atoms with Crippen molar-refractivity contribution >= 4 is 17.3 Å². The molecule has 0 saturated heterocycles. The Morgan fingerprint density at radius 3 is 2.52 bits per heavy atom. The van der Waals surface area contributed by atoms with Gasteiger partial charge in [0, 0.05) is 11.4 Å². The SMILES string of the molecule is CC(OCC(F)F)C(=O)Nc1ccc(N)c(C(F)(F)F)c1. The number of carbonyl (C=O) groups is 1. The summed E-state index contributed by atoms with van der Waals surface area (Å²) in [6.07, 6.45) is -8.64. The first-order chi connectivity index (χ1) is 9.61. The van der Waals surface area contributed by atoms with Gasteiger partial charge in [0.25, 0.3) is 12.3 Å². The van der Waals surface area contributed by atoms with Gasteiger partial charge in [-0.3, -0.25) is 4.79 Å². The number of anilines is 2. The number of nitrogens with two attached hydrogens (primary N) is 1. The van der Waals surface area contributed by atoms with Crippen LogP contribution in [0.5, 0.6) is 0 Å². The van der Waals surface area contributed by atoms with Crippen LogP contribution >= 0.6 is 0 Å². The van der Waals surface area contributed by atoms with Crippen molar-refractivity contribution in [1.82, 2.24) is 0 Å². The largest absolute Gasteiger partial charge is 0.418 e. The Morgan fingerprint density at radius 1 is 1.38 bits per heavy atom. The fraction of sp³-hybridized carbons (Fsp3) is 0.417. The maximum Gasteiger partial charge on any atom is 0.418 e. The molecule has 0 saturated carbocycles. The number of amides is 1. The third-order valence-electron chi connectivity index (χ3n) is 2.47. The van der Waals surface area contributed by atoms with Crippen LogP contribution in [0.15, 0.2) is 18.2 Å². The van der Waals surface area contributed by atoms with E-state index in [4.69, 9.17) is 5.73 Å². The molecule has 1 rings (SSSR count). The molecule has 1 aromatic rings. The predicted molar refractivity (Wildman–Crippen MR) is 65.9 cm³/mol. The summed E-state index contributed by atoms with van der Waals surface area (Å²) in [6, 6.07) is 2.82. The van der Waals surface area contributed by atoms with E-state index in [2.05, 4.69) is 10.1 Å². The number of ether oxygens (including phenoxy) is 1. The van der Waals surface area contributed by atoms with Crippen molar-refractivity contribution in [3.8, 4) is 0 Å². The minimum atomic E-state index is -4.66. The average Bonchev–Trinajstić information content (AvgIpc) is 2.36. The zero-order valence-corrected chi connectivity index (χ0v) is 10.9. The predicted octanol–water partition coefficient (Wildman–Crippen LogP) is 2.90. The van der Waals surface area contributed by atoms with Gasteiger partial charge in [-0.15, -0.1) is 0 Å². The summed E-state index contributed by atoms with van der Waals surface area (Å²) >= 11 is 0. The number of benzene rings is 1. The smallest absolute Gasteiger partial charge is 0.398 e. The first-order valence-electron chi connectivity index (χ1n) is 5.78. The van der Waals surface area contributed by atoms with Gasteiger partial charge in [0.15, 0.2) is 0 Å². The van der Waals surface area contributed by atoms with Crippen molar-refractivity contribution < 1.29 is 31.5 Å². The van der Waals surface area contributed by atoms with Crippen molar-refractivity contribution in [1.29, 1.82) is 0 Å². The van der Waals surface area contributed by atoms with E-state index in [1.165, 1.54) is 13.0 Å². The summed E-state index contributed by atoms with van der Waals surface area (Å²) in [5.74, 6) is -0.839. The zero-order valence-electron chi connectivity index (χ0n) is 10.9. The molecule has 0 aromatic heterocycles. The molecule has 0 aliphatic heterocycles. The summed E-state index contributed by atoms with van der Waals surface area (Å²) in [6.45, 7) is 0.268. The van der Waals surface area contributed by atoms with Gasteiger partial charge in [0.05, 0.1) is 5.56 Å². The quantitative estimate of drug-likeness (QED) is 0.649. The highest BCUT2D eigenvalue weighted by Crippen LogP contribution is 2.35. The van der Waals surface area contributed by atoms with Gasteiger partial charge in [0.1, 0.15) is 12.7 Å². The molecule has 3 N–H and O–H groups in total. The van der Waals surface area contributed by atoms with E-state index in [0.29, 0.717) is 6.07 Å². The van der Waals surface area contributed by atoms with Crippen molar-refractivity contribution in [2.24, 2.45) is 0 Å². The summed E-state index contributed by atoms with van der Waals surface area (Å²) in [4.78, 5) is 11.6. The summed E-state index contributed by atoms with van der Waals surface area (Å²) in [7, 11) is 0. The number of alkyl halides is 5. The molecule has 21 heavy (non-hydrogen) atoms. The van der Waals surface area contributed by atoms with Crippen molar-refractivity contribution in [2.45, 2.75) is 25.6 Å².